The van der Waals surface area contributed by atoms with Crippen LogP contribution >= 0.6 is 15.9 Å². The lowest BCUT2D eigenvalue weighted by Crippen LogP contribution is -2.44. The molecule has 0 heterocycles. The van der Waals surface area contributed by atoms with Crippen molar-refractivity contribution >= 4 is 33.8 Å². The normalized spacial score (nSPS) is 14.0. The number of imide groups is 1. The number of carbonyl (C=O) groups is 2. The van der Waals surface area contributed by atoms with E-state index in [-0.39, 0.29) is 0 Å². The van der Waals surface area contributed by atoms with E-state index in [2.05, 4.69) is 15.9 Å². The number of rotatable bonds is 1. The van der Waals surface area contributed by atoms with Crippen molar-refractivity contribution in [3.63, 3.8) is 0 Å². The highest BCUT2D eigenvalue weighted by molar-refractivity contribution is 9.10. The van der Waals surface area contributed by atoms with Crippen LogP contribution in [0.25, 0.3) is 0 Å². The van der Waals surface area contributed by atoms with Gasteiger partial charge >= 0.3 is 12.2 Å². The number of nitrogens with zero attached hydrogens (tertiary/aromatic N) is 1. The molecule has 0 bridgehead atoms. The minimum Gasteiger partial charge on any atom is -0.443 e. The molecular formula is C19H26BrNO4. The summed E-state index contributed by atoms with van der Waals surface area (Å²) in [6, 6.07) is 3.73. The molecule has 0 fully saturated rings. The predicted molar refractivity (Wildman–Crippen MR) is 101 cm³/mol. The second kappa shape index (κ2) is 6.98. The van der Waals surface area contributed by atoms with Crippen molar-refractivity contribution < 1.29 is 19.1 Å². The monoisotopic (exact) mass is 411 g/mol. The maximum absolute atomic E-state index is 12.7. The summed E-state index contributed by atoms with van der Waals surface area (Å²) in [7, 11) is 0. The lowest BCUT2D eigenvalue weighted by atomic mass is 10.1. The topological polar surface area (TPSA) is 55.8 Å². The fraction of sp³-hybridized carbons (Fsp3) is 0.579. The zero-order valence-electron chi connectivity index (χ0n) is 15.7. The van der Waals surface area contributed by atoms with Crippen molar-refractivity contribution in [2.45, 2.75) is 72.0 Å². The van der Waals surface area contributed by atoms with Crippen molar-refractivity contribution in [1.82, 2.24) is 0 Å². The summed E-state index contributed by atoms with van der Waals surface area (Å²) in [6.45, 7) is 10.6. The van der Waals surface area contributed by atoms with Gasteiger partial charge in [-0.3, -0.25) is 0 Å². The maximum atomic E-state index is 12.7. The highest BCUT2D eigenvalue weighted by Crippen LogP contribution is 2.37. The third kappa shape index (κ3) is 4.97. The third-order valence-electron chi connectivity index (χ3n) is 3.59. The molecule has 1 aromatic rings. The van der Waals surface area contributed by atoms with E-state index in [0.717, 1.165) is 34.2 Å². The van der Waals surface area contributed by atoms with Gasteiger partial charge in [-0.25, -0.2) is 9.59 Å². The van der Waals surface area contributed by atoms with Gasteiger partial charge < -0.3 is 9.47 Å². The second-order valence-corrected chi connectivity index (χ2v) is 8.98. The standard InChI is InChI=1S/C19H26BrNO4/c1-18(2,3)24-16(22)21(17(23)25-19(4,5)6)14-11-10-12-8-7-9-13(12)15(14)20/h10-11H,7-9H2,1-6H3. The zero-order valence-corrected chi connectivity index (χ0v) is 17.3. The van der Waals surface area contributed by atoms with Gasteiger partial charge in [0.05, 0.1) is 5.69 Å². The SMILES string of the molecule is CC(C)(C)OC(=O)N(C(=O)OC(C)(C)C)c1ccc2c(c1Br)CCC2. The van der Waals surface area contributed by atoms with Crippen LogP contribution in [0.15, 0.2) is 16.6 Å². The number of anilines is 1. The van der Waals surface area contributed by atoms with Crippen LogP contribution in [0.3, 0.4) is 0 Å². The molecule has 25 heavy (non-hydrogen) atoms. The number of amides is 2. The summed E-state index contributed by atoms with van der Waals surface area (Å²) in [5.74, 6) is 0. The molecule has 138 valence electrons. The van der Waals surface area contributed by atoms with E-state index in [1.807, 2.05) is 6.07 Å². The van der Waals surface area contributed by atoms with E-state index in [9.17, 15) is 9.59 Å². The molecule has 0 saturated heterocycles. The Labute approximate surface area is 157 Å². The average Bonchev–Trinajstić information content (AvgIpc) is 2.86. The maximum Gasteiger partial charge on any atom is 0.424 e. The van der Waals surface area contributed by atoms with Crippen LogP contribution in [0.1, 0.15) is 59.1 Å². The van der Waals surface area contributed by atoms with E-state index in [4.69, 9.17) is 9.47 Å². The number of hydrogen-bond acceptors (Lipinski definition) is 4. The van der Waals surface area contributed by atoms with Gasteiger partial charge in [-0.05, 0) is 93.9 Å². The molecule has 0 aromatic heterocycles. The van der Waals surface area contributed by atoms with Crippen LogP contribution in [-0.4, -0.2) is 23.4 Å². The first kappa shape index (κ1) is 19.8. The van der Waals surface area contributed by atoms with Gasteiger partial charge in [-0.2, -0.15) is 4.90 Å². The van der Waals surface area contributed by atoms with E-state index in [1.54, 1.807) is 47.6 Å². The van der Waals surface area contributed by atoms with Gasteiger partial charge in [-0.1, -0.05) is 6.07 Å². The third-order valence-corrected chi connectivity index (χ3v) is 4.47. The van der Waals surface area contributed by atoms with Crippen molar-refractivity contribution in [1.29, 1.82) is 0 Å². The van der Waals surface area contributed by atoms with Crippen LogP contribution in [0, 0.1) is 0 Å². The molecule has 0 aliphatic heterocycles. The molecule has 6 heteroatoms. The molecule has 1 aromatic carbocycles. The molecule has 0 spiro atoms. The first-order valence-electron chi connectivity index (χ1n) is 8.45. The highest BCUT2D eigenvalue weighted by Gasteiger charge is 2.34. The Morgan fingerprint density at radius 2 is 1.48 bits per heavy atom. The van der Waals surface area contributed by atoms with Crippen LogP contribution < -0.4 is 4.90 Å². The summed E-state index contributed by atoms with van der Waals surface area (Å²) in [5.41, 5.74) is 1.38. The largest absolute Gasteiger partial charge is 0.443 e. The fourth-order valence-corrected chi connectivity index (χ4v) is 3.43. The van der Waals surface area contributed by atoms with E-state index in [0.29, 0.717) is 5.69 Å². The lowest BCUT2D eigenvalue weighted by Gasteiger charge is -2.29. The van der Waals surface area contributed by atoms with Gasteiger partial charge in [0.2, 0.25) is 0 Å². The number of ether oxygens (including phenoxy) is 2. The molecule has 2 rings (SSSR count). The van der Waals surface area contributed by atoms with Gasteiger partial charge in [0.1, 0.15) is 11.2 Å². The molecular weight excluding hydrogens is 386 g/mol. The van der Waals surface area contributed by atoms with E-state index < -0.39 is 23.4 Å². The summed E-state index contributed by atoms with van der Waals surface area (Å²) in [6.07, 6.45) is 1.49. The average molecular weight is 412 g/mol. The van der Waals surface area contributed by atoms with Crippen molar-refractivity contribution in [3.8, 4) is 0 Å². The van der Waals surface area contributed by atoms with Crippen LogP contribution in [-0.2, 0) is 22.3 Å². The number of aryl methyl sites for hydroxylation is 1. The zero-order chi connectivity index (χ0) is 19.0. The molecule has 0 saturated carbocycles. The number of halogens is 1. The van der Waals surface area contributed by atoms with E-state index >= 15 is 0 Å². The number of carbonyl (C=O) groups excluding carboxylic acids is 2. The Balaban J connectivity index is 2.45. The predicted octanol–water partition coefficient (Wildman–Crippen LogP) is 5.61. The van der Waals surface area contributed by atoms with Crippen LogP contribution in [0.4, 0.5) is 15.3 Å². The molecule has 0 atom stereocenters. The van der Waals surface area contributed by atoms with Gasteiger partial charge in [0.15, 0.2) is 0 Å². The first-order valence-corrected chi connectivity index (χ1v) is 9.25. The Kier molecular flexibility index (Phi) is 5.52. The quantitative estimate of drug-likeness (QED) is 0.601. The minimum absolute atomic E-state index is 0.448. The van der Waals surface area contributed by atoms with Crippen molar-refractivity contribution in [3.05, 3.63) is 27.7 Å². The molecule has 5 nitrogen and oxygen atoms in total. The highest BCUT2D eigenvalue weighted by atomic mass is 79.9. The summed E-state index contributed by atoms with van der Waals surface area (Å²) in [4.78, 5) is 26.4. The molecule has 0 N–H and O–H groups in total. The fourth-order valence-electron chi connectivity index (χ4n) is 2.67. The molecule has 2 amide bonds. The first-order chi connectivity index (χ1) is 11.4. The van der Waals surface area contributed by atoms with Crippen LogP contribution in [0.2, 0.25) is 0 Å². The number of hydrogen-bond donors (Lipinski definition) is 0. The second-order valence-electron chi connectivity index (χ2n) is 8.19. The summed E-state index contributed by atoms with van der Waals surface area (Å²) < 4.78 is 11.6. The Morgan fingerprint density at radius 1 is 0.960 bits per heavy atom. The van der Waals surface area contributed by atoms with Gasteiger partial charge in [0, 0.05) is 4.47 Å². The van der Waals surface area contributed by atoms with Crippen molar-refractivity contribution in [2.24, 2.45) is 0 Å². The lowest BCUT2D eigenvalue weighted by molar-refractivity contribution is 0.0430. The molecule has 0 radical (unpaired) electrons. The Bertz CT molecular complexity index is 658. The molecule has 1 aliphatic carbocycles. The number of fused-ring (bicyclic) bond motifs is 1. The molecule has 1 aliphatic rings. The Hall–Kier alpha value is -1.56. The van der Waals surface area contributed by atoms with Gasteiger partial charge in [0.25, 0.3) is 0 Å². The smallest absolute Gasteiger partial charge is 0.424 e. The molecule has 0 unspecified atom stereocenters. The Morgan fingerprint density at radius 3 is 1.96 bits per heavy atom. The minimum atomic E-state index is -0.750. The van der Waals surface area contributed by atoms with Crippen molar-refractivity contribution in [2.75, 3.05) is 4.90 Å². The summed E-state index contributed by atoms with van der Waals surface area (Å²) in [5, 5.41) is 0. The number of benzene rings is 1. The summed E-state index contributed by atoms with van der Waals surface area (Å²) >= 11 is 3.57. The van der Waals surface area contributed by atoms with E-state index in [1.165, 1.54) is 5.56 Å². The van der Waals surface area contributed by atoms with Gasteiger partial charge in [-0.15, -0.1) is 0 Å². The van der Waals surface area contributed by atoms with Crippen LogP contribution in [0.5, 0.6) is 0 Å².